The van der Waals surface area contributed by atoms with Crippen LogP contribution in [0.1, 0.15) is 17.0 Å². The van der Waals surface area contributed by atoms with E-state index in [9.17, 15) is 4.79 Å². The standard InChI is InChI=1S/C24H27N3O3/c1-18-23(26-24(30-18)20-5-3-2-4-6-20)11-14-29-22-9-7-19(8-10-22)15-27-13-12-25-21(16-27)17-28/h2-10,17,21,25H,11-16H2,1H3. The van der Waals surface area contributed by atoms with Crippen LogP contribution < -0.4 is 10.1 Å². The lowest BCUT2D eigenvalue weighted by Gasteiger charge is -2.31. The van der Waals surface area contributed by atoms with Crippen molar-refractivity contribution >= 4 is 6.29 Å². The Bertz CT molecular complexity index is 954. The number of rotatable bonds is 8. The Morgan fingerprint density at radius 2 is 2.00 bits per heavy atom. The molecule has 1 saturated heterocycles. The van der Waals surface area contributed by atoms with Crippen LogP contribution in [0, 0.1) is 6.92 Å². The second-order valence-electron chi connectivity index (χ2n) is 7.56. The van der Waals surface area contributed by atoms with E-state index >= 15 is 0 Å². The van der Waals surface area contributed by atoms with E-state index in [4.69, 9.17) is 9.15 Å². The summed E-state index contributed by atoms with van der Waals surface area (Å²) in [6.07, 6.45) is 1.68. The highest BCUT2D eigenvalue weighted by molar-refractivity contribution is 5.58. The average molecular weight is 405 g/mol. The lowest BCUT2D eigenvalue weighted by molar-refractivity contribution is -0.110. The number of oxazole rings is 1. The molecule has 0 radical (unpaired) electrons. The Labute approximate surface area is 176 Å². The summed E-state index contributed by atoms with van der Waals surface area (Å²) in [4.78, 5) is 17.9. The van der Waals surface area contributed by atoms with Crippen molar-refractivity contribution in [3.8, 4) is 17.2 Å². The number of piperazine rings is 1. The topological polar surface area (TPSA) is 67.6 Å². The van der Waals surface area contributed by atoms with Gasteiger partial charge in [0.2, 0.25) is 5.89 Å². The molecule has 0 aliphatic carbocycles. The molecule has 2 aromatic carbocycles. The number of nitrogens with zero attached hydrogens (tertiary/aromatic N) is 2. The van der Waals surface area contributed by atoms with Gasteiger partial charge in [0, 0.05) is 38.2 Å². The Balaban J connectivity index is 1.28. The SMILES string of the molecule is Cc1oc(-c2ccccc2)nc1CCOc1ccc(CN2CCNC(C=O)C2)cc1. The third-order valence-corrected chi connectivity index (χ3v) is 5.30. The van der Waals surface area contributed by atoms with E-state index in [-0.39, 0.29) is 6.04 Å². The minimum Gasteiger partial charge on any atom is -0.493 e. The highest BCUT2D eigenvalue weighted by atomic mass is 16.5. The Hall–Kier alpha value is -2.96. The first-order valence-electron chi connectivity index (χ1n) is 10.4. The zero-order valence-corrected chi connectivity index (χ0v) is 17.2. The maximum absolute atomic E-state index is 11.0. The fourth-order valence-corrected chi connectivity index (χ4v) is 3.66. The Morgan fingerprint density at radius 1 is 1.20 bits per heavy atom. The highest BCUT2D eigenvalue weighted by Gasteiger charge is 2.18. The maximum atomic E-state index is 11.0. The zero-order chi connectivity index (χ0) is 20.8. The minimum absolute atomic E-state index is 0.0660. The number of ether oxygens (including phenoxy) is 1. The number of hydrogen-bond acceptors (Lipinski definition) is 6. The van der Waals surface area contributed by atoms with Crippen LogP contribution in [0.15, 0.2) is 59.0 Å². The highest BCUT2D eigenvalue weighted by Crippen LogP contribution is 2.22. The predicted octanol–water partition coefficient (Wildman–Crippen LogP) is 3.24. The predicted molar refractivity (Wildman–Crippen MR) is 115 cm³/mol. The molecule has 2 heterocycles. The summed E-state index contributed by atoms with van der Waals surface area (Å²) in [5, 5.41) is 3.20. The maximum Gasteiger partial charge on any atom is 0.226 e. The van der Waals surface area contributed by atoms with Gasteiger partial charge in [-0.15, -0.1) is 0 Å². The molecule has 156 valence electrons. The first-order chi connectivity index (χ1) is 14.7. The molecule has 1 atom stereocenters. The van der Waals surface area contributed by atoms with Crippen LogP contribution >= 0.6 is 0 Å². The van der Waals surface area contributed by atoms with Crippen LogP contribution in [0.3, 0.4) is 0 Å². The van der Waals surface area contributed by atoms with Crippen LogP contribution in [-0.2, 0) is 17.8 Å². The van der Waals surface area contributed by atoms with E-state index in [1.54, 1.807) is 0 Å². The lowest BCUT2D eigenvalue weighted by atomic mass is 10.1. The monoisotopic (exact) mass is 405 g/mol. The van der Waals surface area contributed by atoms with Gasteiger partial charge in [-0.05, 0) is 36.8 Å². The van der Waals surface area contributed by atoms with E-state index < -0.39 is 0 Å². The molecular weight excluding hydrogens is 378 g/mol. The fourth-order valence-electron chi connectivity index (χ4n) is 3.66. The number of benzene rings is 2. The van der Waals surface area contributed by atoms with Crippen LogP contribution in [0.4, 0.5) is 0 Å². The number of aromatic nitrogens is 1. The van der Waals surface area contributed by atoms with Crippen molar-refractivity contribution in [2.45, 2.75) is 25.9 Å². The second kappa shape index (κ2) is 9.69. The van der Waals surface area contributed by atoms with Gasteiger partial charge in [-0.25, -0.2) is 4.98 Å². The molecule has 3 aromatic rings. The van der Waals surface area contributed by atoms with Gasteiger partial charge in [-0.3, -0.25) is 4.90 Å². The number of aldehydes is 1. The number of aryl methyl sites for hydroxylation is 1. The molecule has 1 N–H and O–H groups in total. The van der Waals surface area contributed by atoms with Crippen molar-refractivity contribution in [1.29, 1.82) is 0 Å². The molecule has 30 heavy (non-hydrogen) atoms. The van der Waals surface area contributed by atoms with Crippen molar-refractivity contribution in [2.75, 3.05) is 26.2 Å². The quantitative estimate of drug-likeness (QED) is 0.581. The van der Waals surface area contributed by atoms with Gasteiger partial charge in [-0.2, -0.15) is 0 Å². The van der Waals surface area contributed by atoms with Gasteiger partial charge >= 0.3 is 0 Å². The van der Waals surface area contributed by atoms with E-state index in [1.807, 2.05) is 49.4 Å². The zero-order valence-electron chi connectivity index (χ0n) is 17.2. The van der Waals surface area contributed by atoms with Gasteiger partial charge in [-0.1, -0.05) is 30.3 Å². The average Bonchev–Trinajstić information content (AvgIpc) is 3.16. The molecule has 1 aliphatic heterocycles. The summed E-state index contributed by atoms with van der Waals surface area (Å²) in [6, 6.07) is 18.0. The van der Waals surface area contributed by atoms with Crippen LogP contribution in [0.2, 0.25) is 0 Å². The molecule has 1 fully saturated rings. The van der Waals surface area contributed by atoms with Gasteiger partial charge in [0.25, 0.3) is 0 Å². The third kappa shape index (κ3) is 5.14. The summed E-state index contributed by atoms with van der Waals surface area (Å²) in [5.74, 6) is 2.32. The molecule has 6 heteroatoms. The molecule has 0 bridgehead atoms. The largest absolute Gasteiger partial charge is 0.493 e. The molecule has 1 unspecified atom stereocenters. The molecule has 1 aromatic heterocycles. The van der Waals surface area contributed by atoms with Crippen molar-refractivity contribution in [1.82, 2.24) is 15.2 Å². The summed E-state index contributed by atoms with van der Waals surface area (Å²) in [5.41, 5.74) is 3.12. The number of carbonyl (C=O) groups is 1. The fraction of sp³-hybridized carbons (Fsp3) is 0.333. The van der Waals surface area contributed by atoms with Gasteiger partial charge < -0.3 is 19.3 Å². The minimum atomic E-state index is -0.0660. The first kappa shape index (κ1) is 20.3. The molecule has 0 spiro atoms. The molecule has 4 rings (SSSR count). The molecule has 1 aliphatic rings. The molecular formula is C24H27N3O3. The number of nitrogens with one attached hydrogen (secondary N) is 1. The Morgan fingerprint density at radius 3 is 2.77 bits per heavy atom. The van der Waals surface area contributed by atoms with Crippen molar-refractivity contribution < 1.29 is 13.9 Å². The Kier molecular flexibility index (Phi) is 6.57. The third-order valence-electron chi connectivity index (χ3n) is 5.30. The summed E-state index contributed by atoms with van der Waals surface area (Å²) in [7, 11) is 0. The van der Waals surface area contributed by atoms with Crippen molar-refractivity contribution in [2.24, 2.45) is 0 Å². The summed E-state index contributed by atoms with van der Waals surface area (Å²) >= 11 is 0. The summed E-state index contributed by atoms with van der Waals surface area (Å²) < 4.78 is 11.7. The van der Waals surface area contributed by atoms with E-state index in [0.29, 0.717) is 18.9 Å². The van der Waals surface area contributed by atoms with Gasteiger partial charge in [0.1, 0.15) is 17.8 Å². The van der Waals surface area contributed by atoms with Gasteiger partial charge in [0.05, 0.1) is 18.3 Å². The smallest absolute Gasteiger partial charge is 0.226 e. The van der Waals surface area contributed by atoms with E-state index in [0.717, 1.165) is 55.2 Å². The molecule has 0 saturated carbocycles. The second-order valence-corrected chi connectivity index (χ2v) is 7.56. The molecule has 6 nitrogen and oxygen atoms in total. The van der Waals surface area contributed by atoms with Crippen LogP contribution in [0.5, 0.6) is 5.75 Å². The number of carbonyl (C=O) groups excluding carboxylic acids is 1. The number of hydrogen-bond donors (Lipinski definition) is 1. The molecule has 0 amide bonds. The first-order valence-corrected chi connectivity index (χ1v) is 10.4. The summed E-state index contributed by atoms with van der Waals surface area (Å²) in [6.45, 7) is 5.87. The van der Waals surface area contributed by atoms with Crippen LogP contribution in [-0.4, -0.2) is 48.5 Å². The van der Waals surface area contributed by atoms with Crippen LogP contribution in [0.25, 0.3) is 11.5 Å². The van der Waals surface area contributed by atoms with E-state index in [1.165, 1.54) is 5.56 Å². The lowest BCUT2D eigenvalue weighted by Crippen LogP contribution is -2.50. The van der Waals surface area contributed by atoms with Crippen molar-refractivity contribution in [3.63, 3.8) is 0 Å². The normalized spacial score (nSPS) is 17.0. The van der Waals surface area contributed by atoms with E-state index in [2.05, 4.69) is 27.3 Å². The van der Waals surface area contributed by atoms with Crippen molar-refractivity contribution in [3.05, 3.63) is 71.6 Å². The van der Waals surface area contributed by atoms with Gasteiger partial charge in [0.15, 0.2) is 0 Å².